The molecule has 1 aliphatic heterocycles. The SMILES string of the molecule is O=C(CSc1ncccn1)NC1CCN(Cc2ccccc2)C1. The highest BCUT2D eigenvalue weighted by atomic mass is 32.2. The van der Waals surface area contributed by atoms with Crippen molar-refractivity contribution < 1.29 is 4.79 Å². The third-order valence-electron chi connectivity index (χ3n) is 3.76. The van der Waals surface area contributed by atoms with E-state index in [-0.39, 0.29) is 11.9 Å². The second-order valence-corrected chi connectivity index (χ2v) is 6.54. The second-order valence-electron chi connectivity index (χ2n) is 5.59. The van der Waals surface area contributed by atoms with E-state index < -0.39 is 0 Å². The van der Waals surface area contributed by atoms with Crippen LogP contribution in [-0.2, 0) is 11.3 Å². The van der Waals surface area contributed by atoms with Crippen molar-refractivity contribution in [3.63, 3.8) is 0 Å². The van der Waals surface area contributed by atoms with Gasteiger partial charge in [-0.2, -0.15) is 0 Å². The van der Waals surface area contributed by atoms with Gasteiger partial charge in [-0.1, -0.05) is 42.1 Å². The van der Waals surface area contributed by atoms with Crippen LogP contribution in [0, 0.1) is 0 Å². The highest BCUT2D eigenvalue weighted by Crippen LogP contribution is 2.14. The number of aromatic nitrogens is 2. The summed E-state index contributed by atoms with van der Waals surface area (Å²) in [5, 5.41) is 3.75. The monoisotopic (exact) mass is 328 g/mol. The first-order valence-corrected chi connectivity index (χ1v) is 8.73. The summed E-state index contributed by atoms with van der Waals surface area (Å²) in [5.41, 5.74) is 1.32. The fourth-order valence-corrected chi connectivity index (χ4v) is 3.31. The van der Waals surface area contributed by atoms with Crippen molar-refractivity contribution in [2.24, 2.45) is 0 Å². The molecule has 5 nitrogen and oxygen atoms in total. The van der Waals surface area contributed by atoms with Gasteiger partial charge < -0.3 is 5.32 Å². The Bertz CT molecular complexity index is 623. The second kappa shape index (κ2) is 8.08. The predicted molar refractivity (Wildman–Crippen MR) is 91.0 cm³/mol. The Morgan fingerprint density at radius 3 is 2.78 bits per heavy atom. The minimum Gasteiger partial charge on any atom is -0.351 e. The molecule has 1 unspecified atom stereocenters. The van der Waals surface area contributed by atoms with E-state index in [4.69, 9.17) is 0 Å². The fourth-order valence-electron chi connectivity index (χ4n) is 2.70. The number of carbonyl (C=O) groups excluding carboxylic acids is 1. The quantitative estimate of drug-likeness (QED) is 0.649. The van der Waals surface area contributed by atoms with Gasteiger partial charge in [-0.25, -0.2) is 9.97 Å². The number of hydrogen-bond donors (Lipinski definition) is 1. The van der Waals surface area contributed by atoms with E-state index in [0.29, 0.717) is 10.9 Å². The highest BCUT2D eigenvalue weighted by molar-refractivity contribution is 7.99. The molecule has 1 amide bonds. The third kappa shape index (κ3) is 5.04. The van der Waals surface area contributed by atoms with E-state index >= 15 is 0 Å². The minimum absolute atomic E-state index is 0.0500. The lowest BCUT2D eigenvalue weighted by Crippen LogP contribution is -2.38. The van der Waals surface area contributed by atoms with Gasteiger partial charge in [0.05, 0.1) is 5.75 Å². The first-order chi connectivity index (χ1) is 11.3. The summed E-state index contributed by atoms with van der Waals surface area (Å²) in [7, 11) is 0. The Morgan fingerprint density at radius 1 is 1.22 bits per heavy atom. The average molecular weight is 328 g/mol. The number of nitrogens with one attached hydrogen (secondary N) is 1. The van der Waals surface area contributed by atoms with Gasteiger partial charge in [0.1, 0.15) is 0 Å². The molecule has 1 atom stereocenters. The van der Waals surface area contributed by atoms with Crippen molar-refractivity contribution in [2.45, 2.75) is 24.2 Å². The number of amides is 1. The number of likely N-dealkylation sites (tertiary alicyclic amines) is 1. The number of thioether (sulfide) groups is 1. The van der Waals surface area contributed by atoms with Crippen LogP contribution in [0.5, 0.6) is 0 Å². The van der Waals surface area contributed by atoms with Crippen molar-refractivity contribution in [2.75, 3.05) is 18.8 Å². The molecular formula is C17H20N4OS. The Morgan fingerprint density at radius 2 is 2.00 bits per heavy atom. The summed E-state index contributed by atoms with van der Waals surface area (Å²) in [6.07, 6.45) is 4.38. The molecule has 23 heavy (non-hydrogen) atoms. The van der Waals surface area contributed by atoms with Crippen molar-refractivity contribution >= 4 is 17.7 Å². The maximum Gasteiger partial charge on any atom is 0.230 e. The average Bonchev–Trinajstić information content (AvgIpc) is 3.02. The van der Waals surface area contributed by atoms with Gasteiger partial charge in [-0.3, -0.25) is 9.69 Å². The maximum absolute atomic E-state index is 12.0. The van der Waals surface area contributed by atoms with Crippen LogP contribution in [-0.4, -0.2) is 45.7 Å². The lowest BCUT2D eigenvalue weighted by molar-refractivity contribution is -0.119. The molecule has 2 aromatic rings. The zero-order valence-corrected chi connectivity index (χ0v) is 13.7. The molecule has 3 rings (SSSR count). The molecule has 120 valence electrons. The van der Waals surface area contributed by atoms with Gasteiger partial charge in [0.25, 0.3) is 0 Å². The molecule has 0 saturated carbocycles. The van der Waals surface area contributed by atoms with Crippen LogP contribution in [0.25, 0.3) is 0 Å². The standard InChI is InChI=1S/C17H20N4OS/c22-16(13-23-17-18-8-4-9-19-17)20-15-7-10-21(12-15)11-14-5-2-1-3-6-14/h1-6,8-9,15H,7,10-13H2,(H,20,22). The van der Waals surface area contributed by atoms with Gasteiger partial charge in [0.2, 0.25) is 5.91 Å². The van der Waals surface area contributed by atoms with E-state index in [1.807, 2.05) is 6.07 Å². The number of rotatable bonds is 6. The van der Waals surface area contributed by atoms with Crippen LogP contribution in [0.1, 0.15) is 12.0 Å². The summed E-state index contributed by atoms with van der Waals surface area (Å²) in [4.78, 5) is 22.6. The molecule has 1 aromatic heterocycles. The van der Waals surface area contributed by atoms with Crippen molar-refractivity contribution in [3.8, 4) is 0 Å². The third-order valence-corrected chi connectivity index (χ3v) is 4.64. The van der Waals surface area contributed by atoms with Gasteiger partial charge in [-0.05, 0) is 18.1 Å². The molecule has 6 heteroatoms. The molecule has 0 radical (unpaired) electrons. The maximum atomic E-state index is 12.0. The first kappa shape index (κ1) is 16.0. The lowest BCUT2D eigenvalue weighted by Gasteiger charge is -2.16. The molecule has 2 heterocycles. The Kier molecular flexibility index (Phi) is 5.60. The molecule has 1 N–H and O–H groups in total. The normalized spacial score (nSPS) is 18.0. The van der Waals surface area contributed by atoms with Crippen molar-refractivity contribution in [3.05, 3.63) is 54.4 Å². The molecule has 0 bridgehead atoms. The highest BCUT2D eigenvalue weighted by Gasteiger charge is 2.23. The molecule has 1 aliphatic rings. The summed E-state index contributed by atoms with van der Waals surface area (Å²) >= 11 is 1.37. The smallest absolute Gasteiger partial charge is 0.230 e. The summed E-state index contributed by atoms with van der Waals surface area (Å²) in [6.45, 7) is 2.88. The Hall–Kier alpha value is -1.92. The van der Waals surface area contributed by atoms with Crippen LogP contribution >= 0.6 is 11.8 Å². The minimum atomic E-state index is 0.0500. The van der Waals surface area contributed by atoms with Crippen LogP contribution in [0.2, 0.25) is 0 Å². The molecule has 0 aliphatic carbocycles. The van der Waals surface area contributed by atoms with Crippen LogP contribution in [0.15, 0.2) is 53.9 Å². The Labute approximate surface area is 140 Å². The fraction of sp³-hybridized carbons (Fsp3) is 0.353. The predicted octanol–water partition coefficient (Wildman–Crippen LogP) is 1.96. The van der Waals surface area contributed by atoms with E-state index in [9.17, 15) is 4.79 Å². The first-order valence-electron chi connectivity index (χ1n) is 7.75. The molecule has 1 aromatic carbocycles. The number of carbonyl (C=O) groups is 1. The number of benzene rings is 1. The van der Waals surface area contributed by atoms with E-state index in [2.05, 4.69) is 44.5 Å². The largest absolute Gasteiger partial charge is 0.351 e. The van der Waals surface area contributed by atoms with Gasteiger partial charge in [0, 0.05) is 38.1 Å². The van der Waals surface area contributed by atoms with Crippen molar-refractivity contribution in [1.82, 2.24) is 20.2 Å². The zero-order valence-electron chi connectivity index (χ0n) is 12.9. The Balaban J connectivity index is 1.40. The van der Waals surface area contributed by atoms with Gasteiger partial charge in [-0.15, -0.1) is 0 Å². The number of nitrogens with zero attached hydrogens (tertiary/aromatic N) is 3. The van der Waals surface area contributed by atoms with Gasteiger partial charge >= 0.3 is 0 Å². The van der Waals surface area contributed by atoms with Crippen LogP contribution < -0.4 is 5.32 Å². The molecular weight excluding hydrogens is 308 g/mol. The molecule has 1 saturated heterocycles. The van der Waals surface area contributed by atoms with E-state index in [1.54, 1.807) is 18.5 Å². The zero-order chi connectivity index (χ0) is 15.9. The number of hydrogen-bond acceptors (Lipinski definition) is 5. The van der Waals surface area contributed by atoms with E-state index in [0.717, 1.165) is 26.1 Å². The molecule has 0 spiro atoms. The topological polar surface area (TPSA) is 58.1 Å². The summed E-state index contributed by atoms with van der Waals surface area (Å²) in [5.74, 6) is 0.410. The molecule has 1 fully saturated rings. The summed E-state index contributed by atoms with van der Waals surface area (Å²) in [6, 6.07) is 12.4. The van der Waals surface area contributed by atoms with E-state index in [1.165, 1.54) is 17.3 Å². The summed E-state index contributed by atoms with van der Waals surface area (Å²) < 4.78 is 0. The van der Waals surface area contributed by atoms with Crippen LogP contribution in [0.3, 0.4) is 0 Å². The van der Waals surface area contributed by atoms with Gasteiger partial charge in [0.15, 0.2) is 5.16 Å². The lowest BCUT2D eigenvalue weighted by atomic mass is 10.2. The van der Waals surface area contributed by atoms with Crippen LogP contribution in [0.4, 0.5) is 0 Å². The van der Waals surface area contributed by atoms with Crippen molar-refractivity contribution in [1.29, 1.82) is 0 Å².